The van der Waals surface area contributed by atoms with Crippen LogP contribution in [0.1, 0.15) is 46.9 Å². The highest BCUT2D eigenvalue weighted by atomic mass is 32.1. The molecule has 1 aromatic heterocycles. The van der Waals surface area contributed by atoms with Crippen molar-refractivity contribution in [1.82, 2.24) is 9.80 Å². The zero-order valence-electron chi connectivity index (χ0n) is 24.4. The molecule has 1 atom stereocenters. The number of anilines is 1. The van der Waals surface area contributed by atoms with Gasteiger partial charge >= 0.3 is 0 Å². The Labute approximate surface area is 249 Å². The van der Waals surface area contributed by atoms with E-state index in [-0.39, 0.29) is 11.3 Å². The van der Waals surface area contributed by atoms with Gasteiger partial charge in [-0.3, -0.25) is 14.5 Å². The Bertz CT molecular complexity index is 1420. The molecule has 1 N–H and O–H groups in total. The van der Waals surface area contributed by atoms with Crippen LogP contribution in [0.5, 0.6) is 5.75 Å². The Kier molecular flexibility index (Phi) is 9.52. The van der Waals surface area contributed by atoms with E-state index < -0.39 is 11.9 Å². The summed E-state index contributed by atoms with van der Waals surface area (Å²) >= 11 is 1.37. The first-order valence-corrected chi connectivity index (χ1v) is 15.2. The molecule has 3 heterocycles. The van der Waals surface area contributed by atoms with Gasteiger partial charge in [-0.2, -0.15) is 0 Å². The van der Waals surface area contributed by atoms with Crippen molar-refractivity contribution in [2.75, 3.05) is 71.1 Å². The third-order valence-corrected chi connectivity index (χ3v) is 9.11. The largest absolute Gasteiger partial charge is 0.492 e. The highest BCUT2D eigenvalue weighted by Crippen LogP contribution is 2.38. The van der Waals surface area contributed by atoms with E-state index in [1.807, 2.05) is 30.3 Å². The molecule has 224 valence electrons. The maximum Gasteiger partial charge on any atom is 0.266 e. The lowest BCUT2D eigenvalue weighted by molar-refractivity contribution is -0.117. The summed E-state index contributed by atoms with van der Waals surface area (Å²) in [4.78, 5) is 44.7. The van der Waals surface area contributed by atoms with Gasteiger partial charge in [0.25, 0.3) is 11.8 Å². The highest BCUT2D eigenvalue weighted by molar-refractivity contribution is 7.14. The number of carbonyl (C=O) groups excluding carboxylic acids is 2. The predicted octanol–water partition coefficient (Wildman–Crippen LogP) is 4.83. The van der Waals surface area contributed by atoms with Gasteiger partial charge in [0.05, 0.1) is 32.1 Å². The smallest absolute Gasteiger partial charge is 0.266 e. The van der Waals surface area contributed by atoms with Crippen LogP contribution in [0.3, 0.4) is 0 Å². The molecule has 11 heteroatoms. The van der Waals surface area contributed by atoms with Crippen molar-refractivity contribution < 1.29 is 23.8 Å². The van der Waals surface area contributed by atoms with Crippen LogP contribution >= 0.6 is 11.3 Å². The molecule has 42 heavy (non-hydrogen) atoms. The minimum atomic E-state index is -1.32. The molecule has 0 aliphatic carbocycles. The number of nitroso groups, excluding NO2 is 1. The van der Waals surface area contributed by atoms with Crippen LogP contribution in [0.4, 0.5) is 5.69 Å². The van der Waals surface area contributed by atoms with E-state index >= 15 is 0 Å². The van der Waals surface area contributed by atoms with E-state index in [1.165, 1.54) is 11.3 Å². The first kappa shape index (κ1) is 30.1. The number of rotatable bonds is 9. The number of ether oxygens (including phenoxy) is 3. The number of hydrogen-bond acceptors (Lipinski definition) is 9. The standard InChI is InChI=1S/C31H38N4O6S/c1-31(2,3)26-20-24(28(42-26)30(37)35-13-17-40-18-14-35)32-29(36)27(33-38)23-8-9-25(22-7-5-4-6-21(22)23)41-19-12-34-10-15-39-16-11-34/h4-9,20,27H,10-19H2,1-3H3,(H,32,36). The van der Waals surface area contributed by atoms with Crippen molar-refractivity contribution in [1.29, 1.82) is 0 Å². The molecule has 2 aliphatic heterocycles. The lowest BCUT2D eigenvalue weighted by Crippen LogP contribution is -2.40. The third kappa shape index (κ3) is 6.81. The van der Waals surface area contributed by atoms with Crippen LogP contribution in [0, 0.1) is 4.91 Å². The number of nitrogens with one attached hydrogen (secondary N) is 1. The molecule has 2 amide bonds. The van der Waals surface area contributed by atoms with Crippen LogP contribution in [-0.4, -0.2) is 87.4 Å². The van der Waals surface area contributed by atoms with Gasteiger partial charge in [0.1, 0.15) is 17.2 Å². The molecule has 0 spiro atoms. The van der Waals surface area contributed by atoms with Crippen LogP contribution < -0.4 is 10.1 Å². The number of carbonyl (C=O) groups is 2. The van der Waals surface area contributed by atoms with Gasteiger partial charge in [0.15, 0.2) is 6.04 Å². The van der Waals surface area contributed by atoms with Crippen molar-refractivity contribution >= 4 is 39.6 Å². The normalized spacial score (nSPS) is 17.2. The molecule has 2 aliphatic rings. The molecule has 0 bridgehead atoms. The topological polar surface area (TPSA) is 110 Å². The lowest BCUT2D eigenvalue weighted by atomic mass is 9.94. The molecular weight excluding hydrogens is 556 g/mol. The van der Waals surface area contributed by atoms with Gasteiger partial charge in [-0.1, -0.05) is 56.3 Å². The Morgan fingerprint density at radius 2 is 1.67 bits per heavy atom. The first-order chi connectivity index (χ1) is 20.3. The number of benzene rings is 2. The number of morpholine rings is 2. The van der Waals surface area contributed by atoms with Crippen molar-refractivity contribution in [3.8, 4) is 5.75 Å². The zero-order valence-corrected chi connectivity index (χ0v) is 25.2. The van der Waals surface area contributed by atoms with E-state index in [9.17, 15) is 14.5 Å². The minimum absolute atomic E-state index is 0.159. The average molecular weight is 595 g/mol. The Balaban J connectivity index is 1.38. The number of amides is 2. The second-order valence-corrected chi connectivity index (χ2v) is 12.6. The van der Waals surface area contributed by atoms with Crippen LogP contribution in [0.15, 0.2) is 47.6 Å². The van der Waals surface area contributed by atoms with E-state index in [4.69, 9.17) is 14.2 Å². The Hall–Kier alpha value is -3.38. The predicted molar refractivity (Wildman–Crippen MR) is 164 cm³/mol. The summed E-state index contributed by atoms with van der Waals surface area (Å²) < 4.78 is 17.0. The van der Waals surface area contributed by atoms with Gasteiger partial charge < -0.3 is 24.4 Å². The van der Waals surface area contributed by atoms with E-state index in [2.05, 4.69) is 36.2 Å². The monoisotopic (exact) mass is 594 g/mol. The SMILES string of the molecule is CC(C)(C)c1cc(NC(=O)C(N=O)c2ccc(OCCN3CCOCC3)c3ccccc23)c(C(=O)N2CCOCC2)s1. The Morgan fingerprint density at radius 1 is 1.00 bits per heavy atom. The van der Waals surface area contributed by atoms with Gasteiger partial charge in [0.2, 0.25) is 0 Å². The van der Waals surface area contributed by atoms with E-state index in [0.29, 0.717) is 60.2 Å². The Morgan fingerprint density at radius 3 is 2.33 bits per heavy atom. The van der Waals surface area contributed by atoms with Gasteiger partial charge in [0, 0.05) is 43.0 Å². The maximum absolute atomic E-state index is 13.6. The van der Waals surface area contributed by atoms with Crippen molar-refractivity contribution in [2.24, 2.45) is 5.18 Å². The highest BCUT2D eigenvalue weighted by Gasteiger charge is 2.31. The molecule has 2 aromatic carbocycles. The second-order valence-electron chi connectivity index (χ2n) is 11.5. The summed E-state index contributed by atoms with van der Waals surface area (Å²) in [6, 6.07) is 11.6. The molecule has 2 fully saturated rings. The van der Waals surface area contributed by atoms with Crippen LogP contribution in [-0.2, 0) is 19.7 Å². The van der Waals surface area contributed by atoms with Crippen molar-refractivity contribution in [2.45, 2.75) is 32.2 Å². The summed E-state index contributed by atoms with van der Waals surface area (Å²) in [7, 11) is 0. The fourth-order valence-electron chi connectivity index (χ4n) is 5.14. The lowest BCUT2D eigenvalue weighted by Gasteiger charge is -2.26. The second kappa shape index (κ2) is 13.3. The van der Waals surface area contributed by atoms with Gasteiger partial charge in [-0.15, -0.1) is 16.2 Å². The number of nitrogens with zero attached hydrogens (tertiary/aromatic N) is 3. The summed E-state index contributed by atoms with van der Waals surface area (Å²) in [6.45, 7) is 12.6. The fourth-order valence-corrected chi connectivity index (χ4v) is 6.28. The van der Waals surface area contributed by atoms with Gasteiger partial charge in [-0.05, 0) is 28.5 Å². The molecule has 1 unspecified atom stereocenters. The number of hydrogen-bond donors (Lipinski definition) is 1. The van der Waals surface area contributed by atoms with Crippen LogP contribution in [0.25, 0.3) is 10.8 Å². The molecule has 3 aromatic rings. The van der Waals surface area contributed by atoms with E-state index in [1.54, 1.807) is 17.0 Å². The first-order valence-electron chi connectivity index (χ1n) is 14.4. The average Bonchev–Trinajstić information content (AvgIpc) is 3.43. The zero-order chi connectivity index (χ0) is 29.7. The maximum atomic E-state index is 13.6. The molecular formula is C31H38N4O6S. The van der Waals surface area contributed by atoms with Crippen molar-refractivity contribution in [3.63, 3.8) is 0 Å². The third-order valence-electron chi connectivity index (χ3n) is 7.56. The number of fused-ring (bicyclic) bond motifs is 1. The summed E-state index contributed by atoms with van der Waals surface area (Å²) in [5, 5.41) is 7.63. The van der Waals surface area contributed by atoms with Gasteiger partial charge in [-0.25, -0.2) is 0 Å². The summed E-state index contributed by atoms with van der Waals surface area (Å²) in [6.07, 6.45) is 0. The quantitative estimate of drug-likeness (QED) is 0.354. The van der Waals surface area contributed by atoms with Crippen molar-refractivity contribution in [3.05, 3.63) is 62.7 Å². The molecule has 5 rings (SSSR count). The fraction of sp³-hybridized carbons (Fsp3) is 0.484. The molecule has 0 radical (unpaired) electrons. The minimum Gasteiger partial charge on any atom is -0.492 e. The molecule has 0 saturated carbocycles. The molecule has 10 nitrogen and oxygen atoms in total. The van der Waals surface area contributed by atoms with E-state index in [0.717, 1.165) is 43.1 Å². The number of thiophene rings is 1. The van der Waals surface area contributed by atoms with Crippen LogP contribution in [0.2, 0.25) is 0 Å². The molecule has 2 saturated heterocycles. The summed E-state index contributed by atoms with van der Waals surface area (Å²) in [5.41, 5.74) is 0.641. The summed E-state index contributed by atoms with van der Waals surface area (Å²) in [5.74, 6) is -0.0714.